The van der Waals surface area contributed by atoms with Crippen LogP contribution in [0.15, 0.2) is 91.0 Å². The molecule has 0 bridgehead atoms. The largest absolute Gasteiger partial charge is 0.508 e. The third-order valence-corrected chi connectivity index (χ3v) is 11.8. The van der Waals surface area contributed by atoms with Gasteiger partial charge in [0, 0.05) is 68.6 Å². The molecule has 0 aliphatic carbocycles. The van der Waals surface area contributed by atoms with E-state index in [0.717, 1.165) is 66.2 Å². The number of phenolic OH excluding ortho intramolecular Hbond substituents is 1. The van der Waals surface area contributed by atoms with Gasteiger partial charge in [-0.2, -0.15) is 0 Å². The van der Waals surface area contributed by atoms with E-state index in [1.54, 1.807) is 30.3 Å². The summed E-state index contributed by atoms with van der Waals surface area (Å²) in [5, 5.41) is 44.3. The Morgan fingerprint density at radius 3 is 2.44 bits per heavy atom. The lowest BCUT2D eigenvalue weighted by Crippen LogP contribution is -2.43. The Morgan fingerprint density at radius 1 is 0.921 bits per heavy atom. The Hall–Kier alpha value is -5.79. The molecule has 12 nitrogen and oxygen atoms in total. The van der Waals surface area contributed by atoms with Crippen LogP contribution >= 0.6 is 0 Å². The molecule has 3 heterocycles. The van der Waals surface area contributed by atoms with Crippen molar-refractivity contribution in [3.8, 4) is 39.9 Å². The van der Waals surface area contributed by atoms with Gasteiger partial charge < -0.3 is 54.6 Å². The summed E-state index contributed by atoms with van der Waals surface area (Å²) in [5.74, 6) is 1.79. The number of H-pyrrole nitrogens is 1. The minimum atomic E-state index is -0.826. The number of nitrogens with one attached hydrogen (secondary N) is 2. The number of aromatic amines is 1. The van der Waals surface area contributed by atoms with Crippen molar-refractivity contribution in [1.29, 1.82) is 0 Å². The van der Waals surface area contributed by atoms with Crippen LogP contribution in [0, 0.1) is 5.92 Å². The van der Waals surface area contributed by atoms with Gasteiger partial charge in [0.1, 0.15) is 29.0 Å². The molecular formula is C51H61N3O9. The molecule has 63 heavy (non-hydrogen) atoms. The van der Waals surface area contributed by atoms with Crippen LogP contribution in [0.5, 0.6) is 28.7 Å². The number of benzene rings is 4. The molecule has 334 valence electrons. The monoisotopic (exact) mass is 859 g/mol. The van der Waals surface area contributed by atoms with Gasteiger partial charge in [-0.05, 0) is 72.6 Å². The van der Waals surface area contributed by atoms with E-state index in [1.807, 2.05) is 36.4 Å². The van der Waals surface area contributed by atoms with Crippen molar-refractivity contribution >= 4 is 17.7 Å². The minimum Gasteiger partial charge on any atom is -0.508 e. The van der Waals surface area contributed by atoms with Gasteiger partial charge in [-0.3, -0.25) is 4.79 Å². The number of piperazine rings is 1. The number of aryl methyl sites for hydroxylation is 2. The van der Waals surface area contributed by atoms with Crippen LogP contribution in [0.25, 0.3) is 17.2 Å². The van der Waals surface area contributed by atoms with Gasteiger partial charge in [0.05, 0.1) is 32.8 Å². The molecule has 12 heteroatoms. The highest BCUT2D eigenvalue weighted by Crippen LogP contribution is 2.53. The lowest BCUT2D eigenvalue weighted by molar-refractivity contribution is 0.0834. The lowest BCUT2D eigenvalue weighted by Gasteiger charge is -2.31. The normalized spacial score (nSPS) is 16.1. The Labute approximate surface area is 370 Å². The summed E-state index contributed by atoms with van der Waals surface area (Å²) in [5.41, 5.74) is 7.05. The van der Waals surface area contributed by atoms with Crippen molar-refractivity contribution in [3.63, 3.8) is 0 Å². The van der Waals surface area contributed by atoms with E-state index < -0.39 is 12.2 Å². The van der Waals surface area contributed by atoms with E-state index in [9.17, 15) is 25.2 Å². The van der Waals surface area contributed by atoms with Crippen LogP contribution in [-0.4, -0.2) is 97.0 Å². The van der Waals surface area contributed by atoms with Crippen LogP contribution in [0.4, 0.5) is 5.82 Å². The number of ether oxygens (including phenoxy) is 4. The van der Waals surface area contributed by atoms with Crippen LogP contribution < -0.4 is 29.2 Å². The molecule has 6 N–H and O–H groups in total. The predicted molar refractivity (Wildman–Crippen MR) is 246 cm³/mol. The first kappa shape index (κ1) is 45.2. The topological polar surface area (TPSA) is 166 Å². The van der Waals surface area contributed by atoms with Gasteiger partial charge >= 0.3 is 0 Å². The van der Waals surface area contributed by atoms with Crippen molar-refractivity contribution in [1.82, 2.24) is 10.3 Å². The molecule has 1 fully saturated rings. The average molecular weight is 860 g/mol. The fourth-order valence-electron chi connectivity index (χ4n) is 8.31. The Balaban J connectivity index is 1.27. The molecule has 7 rings (SSSR count). The summed E-state index contributed by atoms with van der Waals surface area (Å²) in [6, 6.07) is 27.1. The second-order valence-corrected chi connectivity index (χ2v) is 16.2. The number of Topliss-reactive ketones (excluding diaryl/α,β-unsaturated/α-hetero) is 1. The minimum absolute atomic E-state index is 0.0127. The molecule has 1 aromatic heterocycles. The number of carbonyl (C=O) groups excluding carboxylic acids is 1. The molecule has 4 aromatic carbocycles. The van der Waals surface area contributed by atoms with Gasteiger partial charge in [0.15, 0.2) is 17.3 Å². The highest BCUT2D eigenvalue weighted by Gasteiger charge is 2.38. The van der Waals surface area contributed by atoms with Gasteiger partial charge in [-0.15, -0.1) is 0 Å². The van der Waals surface area contributed by atoms with E-state index in [4.69, 9.17) is 18.9 Å². The summed E-state index contributed by atoms with van der Waals surface area (Å²) in [6.07, 6.45) is 5.20. The zero-order valence-corrected chi connectivity index (χ0v) is 36.4. The highest BCUT2D eigenvalue weighted by molar-refractivity contribution is 6.04. The first-order valence-electron chi connectivity index (χ1n) is 22.2. The summed E-state index contributed by atoms with van der Waals surface area (Å²) in [4.78, 5) is 20.6. The lowest BCUT2D eigenvalue weighted by atomic mass is 9.90. The number of methoxy groups -OCH3 is 1. The maximum Gasteiger partial charge on any atom is 0.204 e. The maximum absolute atomic E-state index is 14.5. The molecule has 3 atom stereocenters. The number of ketones is 1. The number of anilines is 1. The molecule has 0 radical (unpaired) electrons. The van der Waals surface area contributed by atoms with E-state index in [0.29, 0.717) is 42.7 Å². The molecule has 3 unspecified atom stereocenters. The van der Waals surface area contributed by atoms with Crippen molar-refractivity contribution in [3.05, 3.63) is 125 Å². The average Bonchev–Trinajstić information content (AvgIpc) is 3.76. The van der Waals surface area contributed by atoms with Crippen molar-refractivity contribution in [2.24, 2.45) is 5.92 Å². The van der Waals surface area contributed by atoms with Crippen molar-refractivity contribution in [2.45, 2.75) is 64.1 Å². The van der Waals surface area contributed by atoms with Crippen molar-refractivity contribution in [2.75, 3.05) is 64.6 Å². The molecule has 1 saturated heterocycles. The summed E-state index contributed by atoms with van der Waals surface area (Å²) in [7, 11) is 1.51. The Bertz CT molecular complexity index is 2290. The molecular weight excluding hydrogens is 799 g/mol. The zero-order valence-electron chi connectivity index (χ0n) is 36.4. The van der Waals surface area contributed by atoms with Crippen LogP contribution in [0.3, 0.4) is 0 Å². The first-order chi connectivity index (χ1) is 30.8. The number of aliphatic hydroxyl groups is 3. The standard InChI is InChI=1S/C51H61N3O9/c1-3-39-30-43(51(53-39)54-25-23-52-24-26-54)38-13-7-11-35(29-38)15-21-42-47-46(44(59)31-45(63-47)37-16-19-40(57)20-17-37)49(50(60-2)48(42)62-33-36(32-56)12-8-27-55)61-28-22-41(58)18-14-34-9-5-4-6-10-34/h4-7,9-11,13-14,16-20,29-30,36,41,45,52-53,55-58H,3,8,12,15,21-28,31-33H2,1-2H3. The van der Waals surface area contributed by atoms with Gasteiger partial charge in [0.25, 0.3) is 0 Å². The number of phenols is 1. The SMILES string of the molecule is CCc1cc(-c2cccc(CCc3c(OCC(CO)CCCO)c(OC)c(OCCC(O)C=Cc4ccccc4)c4c3OC(c3ccc(O)cc3)CC4=O)c2)c(N2CCNCC2)[nH]1. The first-order valence-corrected chi connectivity index (χ1v) is 22.2. The van der Waals surface area contributed by atoms with E-state index >= 15 is 0 Å². The fraction of sp³-hybridized carbons (Fsp3) is 0.392. The molecule has 0 amide bonds. The molecule has 2 aliphatic heterocycles. The van der Waals surface area contributed by atoms with E-state index in [2.05, 4.69) is 52.5 Å². The molecule has 0 spiro atoms. The van der Waals surface area contributed by atoms with Crippen LogP contribution in [0.2, 0.25) is 0 Å². The van der Waals surface area contributed by atoms with Crippen LogP contribution in [-0.2, 0) is 19.3 Å². The number of aromatic hydroxyl groups is 1. The molecule has 0 saturated carbocycles. The number of nitrogens with zero attached hydrogens (tertiary/aromatic N) is 1. The van der Waals surface area contributed by atoms with Crippen molar-refractivity contribution < 1.29 is 44.2 Å². The van der Waals surface area contributed by atoms with E-state index in [-0.39, 0.29) is 73.8 Å². The quantitative estimate of drug-likeness (QED) is 0.0434. The summed E-state index contributed by atoms with van der Waals surface area (Å²) in [6.45, 7) is 5.82. The molecule has 5 aromatic rings. The number of aromatic nitrogens is 1. The number of hydrogen-bond donors (Lipinski definition) is 6. The van der Waals surface area contributed by atoms with E-state index in [1.165, 1.54) is 12.8 Å². The highest BCUT2D eigenvalue weighted by atomic mass is 16.5. The second kappa shape index (κ2) is 22.0. The summed E-state index contributed by atoms with van der Waals surface area (Å²) < 4.78 is 26.1. The number of fused-ring (bicyclic) bond motifs is 1. The fourth-order valence-corrected chi connectivity index (χ4v) is 8.31. The number of rotatable bonds is 21. The number of carbonyl (C=O) groups is 1. The number of aliphatic hydroxyl groups excluding tert-OH is 3. The maximum atomic E-state index is 14.5. The van der Waals surface area contributed by atoms with Gasteiger partial charge in [0.2, 0.25) is 5.75 Å². The predicted octanol–water partition coefficient (Wildman–Crippen LogP) is 7.46. The smallest absolute Gasteiger partial charge is 0.204 e. The zero-order chi connectivity index (χ0) is 44.1. The Morgan fingerprint density at radius 2 is 1.71 bits per heavy atom. The molecule has 2 aliphatic rings. The Kier molecular flexibility index (Phi) is 15.8. The van der Waals surface area contributed by atoms with Gasteiger partial charge in [-0.1, -0.05) is 85.8 Å². The summed E-state index contributed by atoms with van der Waals surface area (Å²) >= 11 is 0. The van der Waals surface area contributed by atoms with Gasteiger partial charge in [-0.25, -0.2) is 0 Å². The second-order valence-electron chi connectivity index (χ2n) is 16.2. The number of hydrogen-bond acceptors (Lipinski definition) is 11. The third kappa shape index (κ3) is 11.2. The third-order valence-electron chi connectivity index (χ3n) is 11.8. The van der Waals surface area contributed by atoms with Crippen LogP contribution in [0.1, 0.15) is 77.0 Å².